The Kier molecular flexibility index (Phi) is 7.02. The van der Waals surface area contributed by atoms with Crippen molar-refractivity contribution in [2.75, 3.05) is 6.73 Å². The van der Waals surface area contributed by atoms with Gasteiger partial charge in [-0.2, -0.15) is 0 Å². The van der Waals surface area contributed by atoms with Gasteiger partial charge in [0.2, 0.25) is 6.73 Å². The molecule has 0 rings (SSSR count). The Bertz CT molecular complexity index is 234. The van der Waals surface area contributed by atoms with Crippen LogP contribution in [0.2, 0.25) is 0 Å². The van der Waals surface area contributed by atoms with Gasteiger partial charge in [-0.3, -0.25) is 0 Å². The lowest BCUT2D eigenvalue weighted by Gasteiger charge is -1.97. The van der Waals surface area contributed by atoms with Gasteiger partial charge in [-0.1, -0.05) is 0 Å². The van der Waals surface area contributed by atoms with Crippen molar-refractivity contribution in [3.63, 3.8) is 0 Å². The highest BCUT2D eigenvalue weighted by atomic mass is 31.2. The number of phosphoric acid groups is 1. The molecule has 10 heteroatoms. The van der Waals surface area contributed by atoms with Crippen molar-refractivity contribution < 1.29 is 29.6 Å². The minimum Gasteiger partial charge on any atom is -0.357 e. The molecule has 0 aromatic rings. The second-order valence-corrected chi connectivity index (χ2v) is 2.61. The summed E-state index contributed by atoms with van der Waals surface area (Å²) in [5.41, 5.74) is 4.82. The zero-order valence-electron chi connectivity index (χ0n) is 6.38. The van der Waals surface area contributed by atoms with Gasteiger partial charge in [0.05, 0.1) is 0 Å². The zero-order chi connectivity index (χ0) is 11.1. The highest BCUT2D eigenvalue weighted by Gasteiger charge is 2.08. The first-order valence-electron chi connectivity index (χ1n) is 2.65. The van der Waals surface area contributed by atoms with E-state index in [1.807, 2.05) is 0 Å². The van der Waals surface area contributed by atoms with E-state index in [1.165, 1.54) is 0 Å². The molecule has 0 spiro atoms. The van der Waals surface area contributed by atoms with Gasteiger partial charge in [-0.05, 0) is 0 Å². The maximum atomic E-state index is 8.88. The lowest BCUT2D eigenvalue weighted by Crippen LogP contribution is -2.38. The second kappa shape index (κ2) is 6.36. The molecule has 0 radical (unpaired) electrons. The van der Waals surface area contributed by atoms with Gasteiger partial charge in [0.15, 0.2) is 0 Å². The van der Waals surface area contributed by atoms with Gasteiger partial charge in [0.25, 0.3) is 5.96 Å². The number of hydrogen-bond acceptors (Lipinski definition) is 3. The minimum absolute atomic E-state index is 0.387. The monoisotopic (exact) mass is 213 g/mol. The van der Waals surface area contributed by atoms with Crippen molar-refractivity contribution in [1.29, 1.82) is 5.41 Å². The molecule has 0 unspecified atom stereocenters. The van der Waals surface area contributed by atoms with E-state index in [1.54, 1.807) is 6.19 Å². The number of hydrogen-bond donors (Lipinski definition) is 7. The Labute approximate surface area is 73.4 Å². The van der Waals surface area contributed by atoms with Gasteiger partial charge in [0, 0.05) is 0 Å². The number of guanidine groups is 1. The smallest absolute Gasteiger partial charge is 0.357 e. The molecule has 0 bridgehead atoms. The van der Waals surface area contributed by atoms with E-state index in [0.717, 1.165) is 4.90 Å². The van der Waals surface area contributed by atoms with Crippen molar-refractivity contribution >= 4 is 13.8 Å². The van der Waals surface area contributed by atoms with Crippen LogP contribution in [0.5, 0.6) is 0 Å². The largest absolute Gasteiger partial charge is 0.466 e. The van der Waals surface area contributed by atoms with Crippen LogP contribution < -0.4 is 11.0 Å². The molecule has 76 valence electrons. The number of aliphatic hydroxyl groups excluding tert-OH is 1. The van der Waals surface area contributed by atoms with Gasteiger partial charge in [0.1, 0.15) is 0 Å². The van der Waals surface area contributed by atoms with E-state index >= 15 is 0 Å². The molecule has 9 nitrogen and oxygen atoms in total. The Hall–Kier alpha value is -1.17. The van der Waals surface area contributed by atoms with Gasteiger partial charge in [-0.25, -0.2) is 15.2 Å². The van der Waals surface area contributed by atoms with E-state index in [9.17, 15) is 0 Å². The molecular weight excluding hydrogens is 203 g/mol. The molecule has 0 aromatic heterocycles. The Morgan fingerprint density at radius 1 is 1.62 bits per heavy atom. The summed E-state index contributed by atoms with van der Waals surface area (Å²) in [6, 6.07) is 0. The molecular formula is C3H10N4O5P+. The summed E-state index contributed by atoms with van der Waals surface area (Å²) >= 11 is 0. The molecule has 0 aliphatic carbocycles. The van der Waals surface area contributed by atoms with Crippen LogP contribution >= 0.6 is 7.82 Å². The first-order valence-corrected chi connectivity index (χ1v) is 4.22. The predicted molar refractivity (Wildman–Crippen MR) is 40.0 cm³/mol. The second-order valence-electron chi connectivity index (χ2n) is 1.58. The van der Waals surface area contributed by atoms with E-state index in [-0.39, 0.29) is 5.96 Å². The average Bonchev–Trinajstić information content (AvgIpc) is 1.85. The maximum Gasteiger partial charge on any atom is 0.466 e. The van der Waals surface area contributed by atoms with Crippen LogP contribution in [0.25, 0.3) is 0 Å². The molecule has 0 saturated heterocycles. The third kappa shape index (κ3) is 18.1. The summed E-state index contributed by atoms with van der Waals surface area (Å²) in [5.74, 6) is -0.387. The molecule has 0 aliphatic rings. The van der Waals surface area contributed by atoms with E-state index < -0.39 is 14.6 Å². The van der Waals surface area contributed by atoms with Crippen LogP contribution in [0, 0.1) is 11.6 Å². The maximum absolute atomic E-state index is 8.88. The molecule has 0 aliphatic heterocycles. The van der Waals surface area contributed by atoms with Crippen molar-refractivity contribution in [2.45, 2.75) is 0 Å². The summed E-state index contributed by atoms with van der Waals surface area (Å²) in [5, 5.41) is 21.2. The van der Waals surface area contributed by atoms with Crippen molar-refractivity contribution in [1.82, 2.24) is 4.90 Å². The number of rotatable bonds is 1. The average molecular weight is 213 g/mol. The van der Waals surface area contributed by atoms with E-state index in [2.05, 4.69) is 0 Å². The minimum atomic E-state index is -4.64. The standard InChI is InChI=1S/C3H6N4O.H3O4P/c4-1-7(2-8)3(5)6;1-5(2,3)4/h8H,2H2,(H3,5,6);(H3,1,2,3,4)/p+1. The van der Waals surface area contributed by atoms with Crippen LogP contribution in [-0.2, 0) is 4.57 Å². The summed E-state index contributed by atoms with van der Waals surface area (Å²) in [6.07, 6.45) is 1.73. The topological polar surface area (TPSA) is 175 Å². The van der Waals surface area contributed by atoms with Crippen LogP contribution in [0.15, 0.2) is 0 Å². The summed E-state index contributed by atoms with van der Waals surface area (Å²) in [6.45, 7) is -0.473. The molecule has 13 heavy (non-hydrogen) atoms. The third-order valence-corrected chi connectivity index (χ3v) is 0.567. The van der Waals surface area contributed by atoms with Crippen molar-refractivity contribution in [3.05, 3.63) is 0 Å². The van der Waals surface area contributed by atoms with E-state index in [0.29, 0.717) is 0 Å². The number of nitrogens with zero attached hydrogens (tertiary/aromatic N) is 1. The lowest BCUT2D eigenvalue weighted by molar-refractivity contribution is -0.106. The lowest BCUT2D eigenvalue weighted by atomic mass is 10.8. The summed E-state index contributed by atoms with van der Waals surface area (Å²) in [4.78, 5) is 22.3. The fourth-order valence-electron chi connectivity index (χ4n) is 0.172. The molecule has 0 saturated carbocycles. The predicted octanol–water partition coefficient (Wildman–Crippen LogP) is -4.07. The van der Waals surface area contributed by atoms with Gasteiger partial charge >= 0.3 is 14.0 Å². The first kappa shape index (κ1) is 14.4. The fourth-order valence-corrected chi connectivity index (χ4v) is 0.172. The summed E-state index contributed by atoms with van der Waals surface area (Å²) < 4.78 is 8.88. The quantitative estimate of drug-likeness (QED) is 0.0578. The van der Waals surface area contributed by atoms with Crippen LogP contribution in [0.1, 0.15) is 0 Å². The molecule has 0 atom stereocenters. The first-order chi connectivity index (χ1) is 5.72. The molecule has 0 heterocycles. The number of nitrogens with one attached hydrogen (secondary N) is 2. The Morgan fingerprint density at radius 3 is 1.92 bits per heavy atom. The Balaban J connectivity index is 0. The number of aliphatic hydroxyl groups is 1. The SMILES string of the molecule is N=C(N)N(C#[NH+])CO.O=P(O)(O)O. The molecule has 0 aromatic carbocycles. The molecule has 0 fully saturated rings. The van der Waals surface area contributed by atoms with E-state index in [4.69, 9.17) is 40.8 Å². The Morgan fingerprint density at radius 2 is 1.92 bits per heavy atom. The van der Waals surface area contributed by atoms with Crippen LogP contribution in [0.3, 0.4) is 0 Å². The normalized spacial score (nSPS) is 9.15. The number of nitrogens with two attached hydrogens (primary N) is 1. The zero-order valence-corrected chi connectivity index (χ0v) is 7.27. The molecule has 8 N–H and O–H groups in total. The fraction of sp³-hybridized carbons (Fsp3) is 0.333. The van der Waals surface area contributed by atoms with Gasteiger partial charge in [-0.15, -0.1) is 4.90 Å². The highest BCUT2D eigenvalue weighted by molar-refractivity contribution is 7.45. The van der Waals surface area contributed by atoms with Crippen molar-refractivity contribution in [3.8, 4) is 6.19 Å². The highest BCUT2D eigenvalue weighted by Crippen LogP contribution is 2.25. The van der Waals surface area contributed by atoms with Crippen LogP contribution in [0.4, 0.5) is 0 Å². The van der Waals surface area contributed by atoms with Gasteiger partial charge < -0.3 is 25.5 Å². The van der Waals surface area contributed by atoms with Crippen LogP contribution in [-0.4, -0.2) is 37.4 Å². The summed E-state index contributed by atoms with van der Waals surface area (Å²) in [7, 11) is -4.64. The molecule has 0 amide bonds. The van der Waals surface area contributed by atoms with Crippen molar-refractivity contribution in [2.24, 2.45) is 5.73 Å². The third-order valence-electron chi connectivity index (χ3n) is 0.567.